The molecule has 3 aromatic rings. The zero-order valence-corrected chi connectivity index (χ0v) is 8.77. The van der Waals surface area contributed by atoms with Crippen LogP contribution in [0.3, 0.4) is 0 Å². The molecule has 2 aromatic heterocycles. The lowest BCUT2D eigenvalue weighted by Crippen LogP contribution is -1.71. The Balaban J connectivity index is 2.65. The molecule has 0 spiro atoms. The van der Waals surface area contributed by atoms with Crippen LogP contribution in [0.4, 0.5) is 0 Å². The first-order chi connectivity index (χ1) is 6.86. The van der Waals surface area contributed by atoms with Crippen LogP contribution in [-0.4, -0.2) is 4.98 Å². The monoisotopic (exact) mass is 219 g/mol. The number of fused-ring (bicyclic) bond motifs is 3. The molecule has 0 N–H and O–H groups in total. The fourth-order valence-electron chi connectivity index (χ4n) is 1.61. The summed E-state index contributed by atoms with van der Waals surface area (Å²) in [5.74, 6) is 0. The highest BCUT2D eigenvalue weighted by Gasteiger charge is 2.07. The number of hydrogen-bond acceptors (Lipinski definition) is 2. The second kappa shape index (κ2) is 2.94. The van der Waals surface area contributed by atoms with Gasteiger partial charge < -0.3 is 0 Å². The quantitative estimate of drug-likeness (QED) is 0.555. The zero-order valence-electron chi connectivity index (χ0n) is 7.20. The van der Waals surface area contributed by atoms with Gasteiger partial charge in [0.15, 0.2) is 0 Å². The molecular formula is C11H6ClNS. The minimum atomic E-state index is 0.785. The van der Waals surface area contributed by atoms with Gasteiger partial charge in [0.05, 0.1) is 5.02 Å². The maximum absolute atomic E-state index is 6.14. The van der Waals surface area contributed by atoms with Crippen LogP contribution < -0.4 is 0 Å². The first-order valence-corrected chi connectivity index (χ1v) is 5.47. The first kappa shape index (κ1) is 8.21. The molecule has 68 valence electrons. The Hall–Kier alpha value is -1.12. The highest BCUT2D eigenvalue weighted by molar-refractivity contribution is 7.25. The van der Waals surface area contributed by atoms with Crippen molar-refractivity contribution in [3.05, 3.63) is 41.6 Å². The van der Waals surface area contributed by atoms with E-state index in [0.29, 0.717) is 0 Å². The van der Waals surface area contributed by atoms with E-state index in [0.717, 1.165) is 15.2 Å². The summed E-state index contributed by atoms with van der Waals surface area (Å²) < 4.78 is 1.24. The van der Waals surface area contributed by atoms with Crippen molar-refractivity contribution in [1.82, 2.24) is 4.98 Å². The molecule has 0 saturated heterocycles. The minimum absolute atomic E-state index is 0.785. The van der Waals surface area contributed by atoms with Crippen molar-refractivity contribution in [2.45, 2.75) is 0 Å². The van der Waals surface area contributed by atoms with Crippen molar-refractivity contribution in [2.24, 2.45) is 0 Å². The number of thiophene rings is 1. The summed E-state index contributed by atoms with van der Waals surface area (Å²) in [6, 6.07) is 10.1. The largest absolute Gasteiger partial charge is 0.245 e. The molecule has 0 aliphatic heterocycles. The van der Waals surface area contributed by atoms with Gasteiger partial charge in [-0.1, -0.05) is 29.8 Å². The Labute approximate surface area is 90.0 Å². The second-order valence-electron chi connectivity index (χ2n) is 3.07. The van der Waals surface area contributed by atoms with E-state index in [1.165, 1.54) is 10.1 Å². The maximum atomic E-state index is 6.14. The van der Waals surface area contributed by atoms with Gasteiger partial charge in [-0.05, 0) is 12.1 Å². The van der Waals surface area contributed by atoms with E-state index in [4.69, 9.17) is 11.6 Å². The summed E-state index contributed by atoms with van der Waals surface area (Å²) in [6.07, 6.45) is 1.75. The van der Waals surface area contributed by atoms with Crippen molar-refractivity contribution in [3.63, 3.8) is 0 Å². The van der Waals surface area contributed by atoms with Crippen molar-refractivity contribution in [1.29, 1.82) is 0 Å². The van der Waals surface area contributed by atoms with Gasteiger partial charge in [-0.25, -0.2) is 4.98 Å². The number of rotatable bonds is 0. The van der Waals surface area contributed by atoms with Gasteiger partial charge in [0.25, 0.3) is 0 Å². The lowest BCUT2D eigenvalue weighted by molar-refractivity contribution is 1.45. The summed E-state index contributed by atoms with van der Waals surface area (Å²) >= 11 is 7.82. The topological polar surface area (TPSA) is 12.9 Å². The molecule has 0 saturated carbocycles. The SMILES string of the molecule is Clc1ccnc2sc3ccccc3c12. The molecule has 0 aliphatic rings. The van der Waals surface area contributed by atoms with Crippen LogP contribution in [0.25, 0.3) is 20.3 Å². The predicted molar refractivity (Wildman–Crippen MR) is 62.1 cm³/mol. The average molecular weight is 220 g/mol. The van der Waals surface area contributed by atoms with Gasteiger partial charge in [-0.2, -0.15) is 0 Å². The molecule has 1 nitrogen and oxygen atoms in total. The first-order valence-electron chi connectivity index (χ1n) is 4.28. The number of halogens is 1. The highest BCUT2D eigenvalue weighted by atomic mass is 35.5. The van der Waals surface area contributed by atoms with Crippen LogP contribution >= 0.6 is 22.9 Å². The van der Waals surface area contributed by atoms with Crippen LogP contribution in [0.1, 0.15) is 0 Å². The molecule has 0 amide bonds. The van der Waals surface area contributed by atoms with Crippen molar-refractivity contribution in [2.75, 3.05) is 0 Å². The highest BCUT2D eigenvalue weighted by Crippen LogP contribution is 2.35. The Kier molecular flexibility index (Phi) is 1.72. The normalized spacial score (nSPS) is 11.2. The summed E-state index contributed by atoms with van der Waals surface area (Å²) in [7, 11) is 0. The number of aromatic nitrogens is 1. The van der Waals surface area contributed by atoms with Crippen LogP contribution in [0.5, 0.6) is 0 Å². The molecule has 0 bridgehead atoms. The van der Waals surface area contributed by atoms with E-state index in [1.807, 2.05) is 18.2 Å². The fourth-order valence-corrected chi connectivity index (χ4v) is 2.98. The molecule has 0 unspecified atom stereocenters. The van der Waals surface area contributed by atoms with E-state index in [9.17, 15) is 0 Å². The van der Waals surface area contributed by atoms with Crippen LogP contribution in [-0.2, 0) is 0 Å². The summed E-state index contributed by atoms with van der Waals surface area (Å²) in [6.45, 7) is 0. The molecule has 0 radical (unpaired) electrons. The van der Waals surface area contributed by atoms with Gasteiger partial charge in [0.2, 0.25) is 0 Å². The van der Waals surface area contributed by atoms with Gasteiger partial charge in [0, 0.05) is 21.7 Å². The molecule has 14 heavy (non-hydrogen) atoms. The zero-order chi connectivity index (χ0) is 9.54. The molecule has 0 atom stereocenters. The molecule has 2 heterocycles. The summed E-state index contributed by atoms with van der Waals surface area (Å²) in [4.78, 5) is 5.33. The van der Waals surface area contributed by atoms with E-state index in [2.05, 4.69) is 17.1 Å². The van der Waals surface area contributed by atoms with Crippen molar-refractivity contribution < 1.29 is 0 Å². The third-order valence-electron chi connectivity index (χ3n) is 2.23. The number of hydrogen-bond donors (Lipinski definition) is 0. The van der Waals surface area contributed by atoms with E-state index in [-0.39, 0.29) is 0 Å². The second-order valence-corrected chi connectivity index (χ2v) is 4.51. The van der Waals surface area contributed by atoms with Gasteiger partial charge >= 0.3 is 0 Å². The summed E-state index contributed by atoms with van der Waals surface area (Å²) in [5.41, 5.74) is 0. The average Bonchev–Trinajstić information content (AvgIpc) is 2.57. The standard InChI is InChI=1S/C11H6ClNS/c12-8-5-6-13-11-10(8)7-3-1-2-4-9(7)14-11/h1-6H. The van der Waals surface area contributed by atoms with Crippen molar-refractivity contribution in [3.8, 4) is 0 Å². The molecule has 1 aromatic carbocycles. The lowest BCUT2D eigenvalue weighted by Gasteiger charge is -1.92. The number of benzene rings is 1. The minimum Gasteiger partial charge on any atom is -0.245 e. The fraction of sp³-hybridized carbons (Fsp3) is 0. The van der Waals surface area contributed by atoms with Gasteiger partial charge in [-0.15, -0.1) is 11.3 Å². The lowest BCUT2D eigenvalue weighted by atomic mass is 10.2. The smallest absolute Gasteiger partial charge is 0.125 e. The van der Waals surface area contributed by atoms with E-state index >= 15 is 0 Å². The molecular weight excluding hydrogens is 214 g/mol. The third kappa shape index (κ3) is 1.04. The van der Waals surface area contributed by atoms with Crippen LogP contribution in [0, 0.1) is 0 Å². The van der Waals surface area contributed by atoms with E-state index < -0.39 is 0 Å². The molecule has 3 rings (SSSR count). The third-order valence-corrected chi connectivity index (χ3v) is 3.62. The van der Waals surface area contributed by atoms with Crippen LogP contribution in [0.15, 0.2) is 36.5 Å². The Morgan fingerprint density at radius 3 is 2.93 bits per heavy atom. The molecule has 3 heteroatoms. The number of pyridine rings is 1. The van der Waals surface area contributed by atoms with Crippen molar-refractivity contribution >= 4 is 43.2 Å². The Morgan fingerprint density at radius 1 is 1.14 bits per heavy atom. The Morgan fingerprint density at radius 2 is 2.00 bits per heavy atom. The van der Waals surface area contributed by atoms with Crippen LogP contribution in [0.2, 0.25) is 5.02 Å². The predicted octanol–water partition coefficient (Wildman–Crippen LogP) is 4.10. The maximum Gasteiger partial charge on any atom is 0.125 e. The summed E-state index contributed by atoms with van der Waals surface area (Å²) in [5, 5.41) is 3.06. The van der Waals surface area contributed by atoms with Gasteiger partial charge in [-0.3, -0.25) is 0 Å². The Bertz CT molecular complexity index is 615. The van der Waals surface area contributed by atoms with E-state index in [1.54, 1.807) is 17.5 Å². The number of nitrogens with zero attached hydrogens (tertiary/aromatic N) is 1. The molecule has 0 aliphatic carbocycles. The molecule has 0 fully saturated rings. The van der Waals surface area contributed by atoms with Gasteiger partial charge in [0.1, 0.15) is 4.83 Å².